The summed E-state index contributed by atoms with van der Waals surface area (Å²) in [5.74, 6) is -1.67. The zero-order chi connectivity index (χ0) is 13.8. The van der Waals surface area contributed by atoms with Gasteiger partial charge in [-0.25, -0.2) is 9.78 Å². The molecule has 0 saturated carbocycles. The highest BCUT2D eigenvalue weighted by Crippen LogP contribution is 2.14. The SMILES string of the molecule is NC(=O)c1[nH]cnc1OC(=O)c1ccc(C=O)cc1. The van der Waals surface area contributed by atoms with E-state index in [1.54, 1.807) is 0 Å². The molecule has 7 nitrogen and oxygen atoms in total. The Balaban J connectivity index is 2.18. The second-order valence-electron chi connectivity index (χ2n) is 3.58. The number of nitrogens with one attached hydrogen (secondary N) is 1. The molecule has 2 aromatic rings. The molecule has 0 aliphatic carbocycles. The molecule has 0 fully saturated rings. The molecule has 0 radical (unpaired) electrons. The maximum Gasteiger partial charge on any atom is 0.344 e. The first-order valence-electron chi connectivity index (χ1n) is 5.22. The summed E-state index contributed by atoms with van der Waals surface area (Å²) in [6, 6.07) is 5.82. The molecule has 1 aromatic carbocycles. The van der Waals surface area contributed by atoms with E-state index in [2.05, 4.69) is 9.97 Å². The van der Waals surface area contributed by atoms with Crippen LogP contribution < -0.4 is 10.5 Å². The van der Waals surface area contributed by atoms with Gasteiger partial charge in [-0.3, -0.25) is 9.59 Å². The van der Waals surface area contributed by atoms with Crippen LogP contribution in [-0.2, 0) is 0 Å². The maximum absolute atomic E-state index is 11.8. The topological polar surface area (TPSA) is 115 Å². The van der Waals surface area contributed by atoms with E-state index in [1.807, 2.05) is 0 Å². The number of ether oxygens (including phenoxy) is 1. The van der Waals surface area contributed by atoms with E-state index in [-0.39, 0.29) is 17.1 Å². The molecule has 1 heterocycles. The standard InChI is InChI=1S/C12H9N3O4/c13-10(17)9-11(15-6-14-9)19-12(18)8-3-1-7(5-16)2-4-8/h1-6H,(H2,13,17)(H,14,15). The average molecular weight is 259 g/mol. The van der Waals surface area contributed by atoms with Crippen LogP contribution >= 0.6 is 0 Å². The second kappa shape index (κ2) is 5.13. The van der Waals surface area contributed by atoms with Crippen molar-refractivity contribution in [3.05, 3.63) is 47.4 Å². The summed E-state index contributed by atoms with van der Waals surface area (Å²) >= 11 is 0. The fraction of sp³-hybridized carbons (Fsp3) is 0. The molecule has 7 heteroatoms. The number of rotatable bonds is 4. The molecule has 0 saturated heterocycles. The van der Waals surface area contributed by atoms with Gasteiger partial charge in [0.2, 0.25) is 0 Å². The normalized spacial score (nSPS) is 9.89. The van der Waals surface area contributed by atoms with Crippen LogP contribution in [0.1, 0.15) is 31.2 Å². The van der Waals surface area contributed by atoms with E-state index in [0.29, 0.717) is 11.8 Å². The molecule has 0 aliphatic rings. The molecule has 2 rings (SSSR count). The van der Waals surface area contributed by atoms with Gasteiger partial charge in [0.15, 0.2) is 5.69 Å². The summed E-state index contributed by atoms with van der Waals surface area (Å²) < 4.78 is 4.94. The number of aldehydes is 1. The number of amides is 1. The first kappa shape index (κ1) is 12.5. The highest BCUT2D eigenvalue weighted by Gasteiger charge is 2.17. The molecule has 0 atom stereocenters. The molecular formula is C12H9N3O4. The minimum atomic E-state index is -0.781. The average Bonchev–Trinajstić information content (AvgIpc) is 2.87. The Morgan fingerprint density at radius 1 is 1.26 bits per heavy atom. The van der Waals surface area contributed by atoms with Crippen molar-refractivity contribution in [2.45, 2.75) is 0 Å². The molecule has 19 heavy (non-hydrogen) atoms. The smallest absolute Gasteiger partial charge is 0.344 e. The van der Waals surface area contributed by atoms with E-state index in [9.17, 15) is 14.4 Å². The van der Waals surface area contributed by atoms with Gasteiger partial charge in [0.1, 0.15) is 6.29 Å². The lowest BCUT2D eigenvalue weighted by molar-refractivity contribution is 0.0725. The third-order valence-corrected chi connectivity index (χ3v) is 2.32. The van der Waals surface area contributed by atoms with Crippen molar-refractivity contribution in [2.24, 2.45) is 5.73 Å². The van der Waals surface area contributed by atoms with Gasteiger partial charge in [-0.1, -0.05) is 12.1 Å². The van der Waals surface area contributed by atoms with E-state index < -0.39 is 11.9 Å². The van der Waals surface area contributed by atoms with Crippen molar-refractivity contribution in [3.63, 3.8) is 0 Å². The lowest BCUT2D eigenvalue weighted by Gasteiger charge is -2.02. The number of carbonyl (C=O) groups excluding carboxylic acids is 3. The van der Waals surface area contributed by atoms with Gasteiger partial charge in [-0.15, -0.1) is 0 Å². The number of nitrogens with two attached hydrogens (primary N) is 1. The van der Waals surface area contributed by atoms with Crippen LogP contribution in [0.5, 0.6) is 5.88 Å². The van der Waals surface area contributed by atoms with E-state index in [4.69, 9.17) is 10.5 Å². The van der Waals surface area contributed by atoms with Gasteiger partial charge in [-0.05, 0) is 12.1 Å². The van der Waals surface area contributed by atoms with Crippen LogP contribution in [0.25, 0.3) is 0 Å². The van der Waals surface area contributed by atoms with Gasteiger partial charge < -0.3 is 15.5 Å². The summed E-state index contributed by atoms with van der Waals surface area (Å²) in [7, 11) is 0. The summed E-state index contributed by atoms with van der Waals surface area (Å²) in [5, 5.41) is 0. The van der Waals surface area contributed by atoms with Crippen LogP contribution in [0.4, 0.5) is 0 Å². The number of primary amides is 1. The van der Waals surface area contributed by atoms with Crippen molar-refractivity contribution in [3.8, 4) is 5.88 Å². The Kier molecular flexibility index (Phi) is 3.37. The molecule has 1 amide bonds. The number of nitrogens with zero attached hydrogens (tertiary/aromatic N) is 1. The van der Waals surface area contributed by atoms with Crippen molar-refractivity contribution in [1.82, 2.24) is 9.97 Å². The zero-order valence-electron chi connectivity index (χ0n) is 9.62. The minimum absolute atomic E-state index is 0.0853. The Hall–Kier alpha value is -2.96. The predicted octanol–water partition coefficient (Wildman–Crippen LogP) is 0.540. The first-order valence-corrected chi connectivity index (χ1v) is 5.22. The zero-order valence-corrected chi connectivity index (χ0v) is 9.62. The first-order chi connectivity index (χ1) is 9.11. The fourth-order valence-electron chi connectivity index (χ4n) is 1.38. The molecule has 0 aliphatic heterocycles. The molecule has 3 N–H and O–H groups in total. The van der Waals surface area contributed by atoms with Crippen molar-refractivity contribution >= 4 is 18.2 Å². The number of hydrogen-bond donors (Lipinski definition) is 2. The van der Waals surface area contributed by atoms with Crippen LogP contribution in [0.15, 0.2) is 30.6 Å². The summed E-state index contributed by atoms with van der Waals surface area (Å²) in [6.07, 6.45) is 1.85. The Bertz CT molecular complexity index is 631. The van der Waals surface area contributed by atoms with E-state index in [0.717, 1.165) is 0 Å². The third kappa shape index (κ3) is 2.65. The molecule has 0 spiro atoms. The number of imidazole rings is 1. The second-order valence-corrected chi connectivity index (χ2v) is 3.58. The van der Waals surface area contributed by atoms with Crippen LogP contribution in [0.2, 0.25) is 0 Å². The largest absolute Gasteiger partial charge is 0.401 e. The number of carbonyl (C=O) groups is 3. The highest BCUT2D eigenvalue weighted by atomic mass is 16.5. The van der Waals surface area contributed by atoms with Gasteiger partial charge in [-0.2, -0.15) is 0 Å². The monoisotopic (exact) mass is 259 g/mol. The van der Waals surface area contributed by atoms with Gasteiger partial charge in [0, 0.05) is 5.56 Å². The predicted molar refractivity (Wildman–Crippen MR) is 63.9 cm³/mol. The number of hydrogen-bond acceptors (Lipinski definition) is 5. The number of esters is 1. The van der Waals surface area contributed by atoms with Crippen LogP contribution in [-0.4, -0.2) is 28.1 Å². The molecule has 1 aromatic heterocycles. The van der Waals surface area contributed by atoms with Crippen LogP contribution in [0.3, 0.4) is 0 Å². The lowest BCUT2D eigenvalue weighted by Crippen LogP contribution is -2.16. The van der Waals surface area contributed by atoms with Gasteiger partial charge >= 0.3 is 5.97 Å². The number of aromatic nitrogens is 2. The number of aromatic amines is 1. The summed E-state index contributed by atoms with van der Waals surface area (Å²) in [6.45, 7) is 0. The Morgan fingerprint density at radius 3 is 2.53 bits per heavy atom. The number of benzene rings is 1. The molecule has 0 bridgehead atoms. The van der Waals surface area contributed by atoms with Crippen molar-refractivity contribution in [2.75, 3.05) is 0 Å². The quantitative estimate of drug-likeness (QED) is 0.614. The lowest BCUT2D eigenvalue weighted by atomic mass is 10.1. The summed E-state index contributed by atoms with van der Waals surface area (Å²) in [5.41, 5.74) is 5.65. The van der Waals surface area contributed by atoms with E-state index in [1.165, 1.54) is 30.6 Å². The Morgan fingerprint density at radius 2 is 1.95 bits per heavy atom. The molecule has 96 valence electrons. The fourth-order valence-corrected chi connectivity index (χ4v) is 1.38. The Labute approximate surface area is 107 Å². The molecule has 0 unspecified atom stereocenters. The van der Waals surface area contributed by atoms with Crippen molar-refractivity contribution < 1.29 is 19.1 Å². The van der Waals surface area contributed by atoms with Crippen LogP contribution in [0, 0.1) is 0 Å². The highest BCUT2D eigenvalue weighted by molar-refractivity contribution is 5.96. The summed E-state index contributed by atoms with van der Waals surface area (Å²) in [4.78, 5) is 39.4. The van der Waals surface area contributed by atoms with E-state index >= 15 is 0 Å². The minimum Gasteiger partial charge on any atom is -0.401 e. The molecular weight excluding hydrogens is 250 g/mol. The van der Waals surface area contributed by atoms with Gasteiger partial charge in [0.25, 0.3) is 11.8 Å². The van der Waals surface area contributed by atoms with Gasteiger partial charge in [0.05, 0.1) is 11.9 Å². The number of H-pyrrole nitrogens is 1. The maximum atomic E-state index is 11.8. The van der Waals surface area contributed by atoms with Crippen molar-refractivity contribution in [1.29, 1.82) is 0 Å². The third-order valence-electron chi connectivity index (χ3n) is 2.32.